The smallest absolute Gasteiger partial charge is 0.0847 e. The summed E-state index contributed by atoms with van der Waals surface area (Å²) in [6, 6.07) is 0.233. The molecule has 54 valence electrons. The fourth-order valence-corrected chi connectivity index (χ4v) is 1.68. The van der Waals surface area contributed by atoms with Crippen LogP contribution in [-0.4, -0.2) is 17.1 Å². The molecule has 1 aliphatic rings. The summed E-state index contributed by atoms with van der Waals surface area (Å²) in [7, 11) is 0. The standard InChI is InChI=1S/C7H8BrNS/c1-2-6-7(10)3-5(8)4-9-6/h3-4,6H,2H2,1H3. The summed E-state index contributed by atoms with van der Waals surface area (Å²) in [5.41, 5.74) is 0. The van der Waals surface area contributed by atoms with Crippen molar-refractivity contribution in [3.8, 4) is 0 Å². The number of hydrogen-bond acceptors (Lipinski definition) is 2. The lowest BCUT2D eigenvalue weighted by atomic mass is 10.1. The SMILES string of the molecule is CCC1N=CC(Br)=CC1=S. The van der Waals surface area contributed by atoms with Crippen LogP contribution >= 0.6 is 28.1 Å². The minimum absolute atomic E-state index is 0.233. The Morgan fingerprint density at radius 3 is 3.00 bits per heavy atom. The molecule has 0 aromatic heterocycles. The summed E-state index contributed by atoms with van der Waals surface area (Å²) in [6.45, 7) is 2.08. The van der Waals surface area contributed by atoms with E-state index in [1.807, 2.05) is 12.3 Å². The Bertz CT molecular complexity index is 208. The van der Waals surface area contributed by atoms with E-state index in [9.17, 15) is 0 Å². The van der Waals surface area contributed by atoms with Gasteiger partial charge in [0.15, 0.2) is 0 Å². The van der Waals surface area contributed by atoms with Gasteiger partial charge in [-0.2, -0.15) is 0 Å². The van der Waals surface area contributed by atoms with E-state index in [0.29, 0.717) is 0 Å². The molecule has 0 spiro atoms. The van der Waals surface area contributed by atoms with Gasteiger partial charge in [-0.15, -0.1) is 0 Å². The van der Waals surface area contributed by atoms with Crippen LogP contribution in [0, 0.1) is 0 Å². The molecule has 1 nitrogen and oxygen atoms in total. The molecule has 1 heterocycles. The van der Waals surface area contributed by atoms with Gasteiger partial charge in [-0.3, -0.25) is 4.99 Å². The Labute approximate surface area is 74.4 Å². The molecule has 0 aromatic carbocycles. The van der Waals surface area contributed by atoms with Crippen LogP contribution in [0.3, 0.4) is 0 Å². The average molecular weight is 218 g/mol. The maximum absolute atomic E-state index is 5.08. The third-order valence-corrected chi connectivity index (χ3v) is 2.20. The van der Waals surface area contributed by atoms with Crippen molar-refractivity contribution in [1.29, 1.82) is 0 Å². The number of aliphatic imine (C=N–C) groups is 1. The average Bonchev–Trinajstić information content (AvgIpc) is 1.88. The van der Waals surface area contributed by atoms with E-state index in [1.54, 1.807) is 0 Å². The number of allylic oxidation sites excluding steroid dienone is 1. The molecule has 0 saturated heterocycles. The largest absolute Gasteiger partial charge is 0.283 e. The van der Waals surface area contributed by atoms with Crippen LogP contribution in [-0.2, 0) is 0 Å². The molecule has 0 aliphatic carbocycles. The molecule has 1 unspecified atom stereocenters. The number of thiocarbonyl (C=S) groups is 1. The molecule has 0 bridgehead atoms. The Hall–Kier alpha value is -0.0200. The van der Waals surface area contributed by atoms with Gasteiger partial charge in [0, 0.05) is 15.6 Å². The number of dihydropyridines is 1. The highest BCUT2D eigenvalue weighted by atomic mass is 79.9. The fourth-order valence-electron chi connectivity index (χ4n) is 0.811. The van der Waals surface area contributed by atoms with E-state index in [0.717, 1.165) is 15.8 Å². The first-order valence-corrected chi connectivity index (χ1v) is 4.38. The summed E-state index contributed by atoms with van der Waals surface area (Å²) in [5, 5.41) is 0. The van der Waals surface area contributed by atoms with Gasteiger partial charge in [-0.1, -0.05) is 19.1 Å². The van der Waals surface area contributed by atoms with Crippen LogP contribution in [0.1, 0.15) is 13.3 Å². The second kappa shape index (κ2) is 3.39. The minimum atomic E-state index is 0.233. The van der Waals surface area contributed by atoms with Crippen LogP contribution in [0.2, 0.25) is 0 Å². The van der Waals surface area contributed by atoms with Gasteiger partial charge in [0.25, 0.3) is 0 Å². The molecular weight excluding hydrogens is 210 g/mol. The van der Waals surface area contributed by atoms with Crippen LogP contribution in [0.5, 0.6) is 0 Å². The molecule has 1 atom stereocenters. The monoisotopic (exact) mass is 217 g/mol. The van der Waals surface area contributed by atoms with E-state index in [2.05, 4.69) is 27.8 Å². The molecule has 1 rings (SSSR count). The predicted molar refractivity (Wildman–Crippen MR) is 52.2 cm³/mol. The topological polar surface area (TPSA) is 12.4 Å². The molecule has 3 heteroatoms. The van der Waals surface area contributed by atoms with Gasteiger partial charge in [-0.05, 0) is 28.4 Å². The maximum atomic E-state index is 5.08. The number of nitrogens with zero attached hydrogens (tertiary/aromatic N) is 1. The van der Waals surface area contributed by atoms with E-state index in [-0.39, 0.29) is 6.04 Å². The second-order valence-corrected chi connectivity index (χ2v) is 3.52. The number of hydrogen-bond donors (Lipinski definition) is 0. The highest BCUT2D eigenvalue weighted by Gasteiger charge is 2.11. The van der Waals surface area contributed by atoms with Gasteiger partial charge >= 0.3 is 0 Å². The van der Waals surface area contributed by atoms with Crippen molar-refractivity contribution in [2.45, 2.75) is 19.4 Å². The number of rotatable bonds is 1. The number of halogens is 1. The highest BCUT2D eigenvalue weighted by Crippen LogP contribution is 2.13. The van der Waals surface area contributed by atoms with Crippen molar-refractivity contribution in [1.82, 2.24) is 0 Å². The normalized spacial score (nSPS) is 24.8. The molecule has 0 saturated carbocycles. The maximum Gasteiger partial charge on any atom is 0.0847 e. The lowest BCUT2D eigenvalue weighted by Gasteiger charge is -2.11. The van der Waals surface area contributed by atoms with Crippen LogP contribution in [0.4, 0.5) is 0 Å². The second-order valence-electron chi connectivity index (χ2n) is 2.13. The molecule has 0 N–H and O–H groups in total. The van der Waals surface area contributed by atoms with Gasteiger partial charge in [-0.25, -0.2) is 0 Å². The van der Waals surface area contributed by atoms with Crippen LogP contribution in [0.15, 0.2) is 15.6 Å². The third-order valence-electron chi connectivity index (χ3n) is 1.37. The van der Waals surface area contributed by atoms with Gasteiger partial charge in [0.1, 0.15) is 0 Å². The quantitative estimate of drug-likeness (QED) is 0.616. The summed E-state index contributed by atoms with van der Waals surface area (Å²) < 4.78 is 0.974. The lowest BCUT2D eigenvalue weighted by molar-refractivity contribution is 0.835. The first kappa shape index (κ1) is 8.08. The van der Waals surface area contributed by atoms with Gasteiger partial charge < -0.3 is 0 Å². The van der Waals surface area contributed by atoms with Crippen LogP contribution in [0.25, 0.3) is 0 Å². The zero-order chi connectivity index (χ0) is 7.56. The molecular formula is C7H8BrNS. The summed E-state index contributed by atoms with van der Waals surface area (Å²) >= 11 is 8.39. The Balaban J connectivity index is 2.74. The molecule has 1 aliphatic heterocycles. The molecule has 0 radical (unpaired) electrons. The van der Waals surface area contributed by atoms with Crippen molar-refractivity contribution >= 4 is 39.2 Å². The van der Waals surface area contributed by atoms with E-state index in [1.165, 1.54) is 0 Å². The van der Waals surface area contributed by atoms with E-state index >= 15 is 0 Å². The third kappa shape index (κ3) is 1.73. The van der Waals surface area contributed by atoms with Crippen molar-refractivity contribution in [2.75, 3.05) is 0 Å². The lowest BCUT2D eigenvalue weighted by Crippen LogP contribution is -2.16. The first-order chi connectivity index (χ1) is 4.74. The Kier molecular flexibility index (Phi) is 2.74. The molecule has 0 fully saturated rings. The zero-order valence-corrected chi connectivity index (χ0v) is 8.08. The van der Waals surface area contributed by atoms with Crippen LogP contribution < -0.4 is 0 Å². The highest BCUT2D eigenvalue weighted by molar-refractivity contribution is 9.12. The van der Waals surface area contributed by atoms with Crippen molar-refractivity contribution in [3.05, 3.63) is 10.6 Å². The van der Waals surface area contributed by atoms with E-state index < -0.39 is 0 Å². The van der Waals surface area contributed by atoms with Crippen molar-refractivity contribution in [2.24, 2.45) is 4.99 Å². The van der Waals surface area contributed by atoms with Gasteiger partial charge in [0.05, 0.1) is 6.04 Å². The predicted octanol–water partition coefficient (Wildman–Crippen LogP) is 2.50. The Morgan fingerprint density at radius 1 is 1.80 bits per heavy atom. The zero-order valence-electron chi connectivity index (χ0n) is 5.67. The molecule has 10 heavy (non-hydrogen) atoms. The summed E-state index contributed by atoms with van der Waals surface area (Å²) in [5.74, 6) is 0. The van der Waals surface area contributed by atoms with Crippen molar-refractivity contribution < 1.29 is 0 Å². The summed E-state index contributed by atoms with van der Waals surface area (Å²) in [4.78, 5) is 5.16. The van der Waals surface area contributed by atoms with E-state index in [4.69, 9.17) is 12.2 Å². The van der Waals surface area contributed by atoms with Gasteiger partial charge in [0.2, 0.25) is 0 Å². The molecule has 0 aromatic rings. The summed E-state index contributed by atoms with van der Waals surface area (Å²) in [6.07, 6.45) is 4.74. The minimum Gasteiger partial charge on any atom is -0.283 e. The molecule has 0 amide bonds. The van der Waals surface area contributed by atoms with Crippen molar-refractivity contribution in [3.63, 3.8) is 0 Å². The first-order valence-electron chi connectivity index (χ1n) is 3.18. The fraction of sp³-hybridized carbons (Fsp3) is 0.429. The Morgan fingerprint density at radius 2 is 2.50 bits per heavy atom.